The quantitative estimate of drug-likeness (QED) is 0.331. The summed E-state index contributed by atoms with van der Waals surface area (Å²) in [5, 5.41) is 4.69. The molecule has 0 radical (unpaired) electrons. The number of nitrogen functional groups attached to an aromatic ring is 2. The number of nitrogens with two attached hydrogens (primary N) is 2. The van der Waals surface area contributed by atoms with Crippen molar-refractivity contribution in [2.24, 2.45) is 0 Å². The minimum absolute atomic E-state index is 0.0322. The summed E-state index contributed by atoms with van der Waals surface area (Å²) in [6.45, 7) is 0. The number of rotatable bonds is 5. The first-order valence-corrected chi connectivity index (χ1v) is 9.11. The Bertz CT molecular complexity index is 1380. The molecule has 6 N–H and O–H groups in total. The molecule has 1 aromatic carbocycles. The van der Waals surface area contributed by atoms with Crippen molar-refractivity contribution in [3.63, 3.8) is 0 Å². The highest BCUT2D eigenvalue weighted by Crippen LogP contribution is 2.37. The molecule has 0 spiro atoms. The van der Waals surface area contributed by atoms with Crippen molar-refractivity contribution in [2.45, 2.75) is 0 Å². The second kappa shape index (κ2) is 7.26. The van der Waals surface area contributed by atoms with E-state index in [0.717, 1.165) is 16.6 Å². The third kappa shape index (κ3) is 3.42. The van der Waals surface area contributed by atoms with Crippen LogP contribution in [0.1, 0.15) is 0 Å². The fraction of sp³-hybridized carbons (Fsp3) is 0.0526. The summed E-state index contributed by atoms with van der Waals surface area (Å²) >= 11 is 0. The van der Waals surface area contributed by atoms with E-state index in [0.29, 0.717) is 22.5 Å². The molecule has 154 valence electrons. The number of anilines is 3. The lowest BCUT2D eigenvalue weighted by molar-refractivity contribution is 0.413. The Balaban J connectivity index is 1.67. The highest BCUT2D eigenvalue weighted by atomic mass is 16.5. The van der Waals surface area contributed by atoms with Gasteiger partial charge in [-0.1, -0.05) is 12.1 Å². The van der Waals surface area contributed by atoms with E-state index < -0.39 is 0 Å². The van der Waals surface area contributed by atoms with Gasteiger partial charge in [0.15, 0.2) is 11.5 Å². The van der Waals surface area contributed by atoms with Crippen LogP contribution in [-0.2, 0) is 0 Å². The fourth-order valence-electron chi connectivity index (χ4n) is 3.07. The lowest BCUT2D eigenvalue weighted by Gasteiger charge is -2.08. The first-order valence-electron chi connectivity index (χ1n) is 9.11. The molecule has 0 atom stereocenters. The summed E-state index contributed by atoms with van der Waals surface area (Å²) < 4.78 is 11.7. The first-order chi connectivity index (χ1) is 15.1. The molecule has 0 unspecified atom stereocenters. The van der Waals surface area contributed by atoms with E-state index in [9.17, 15) is 0 Å². The Morgan fingerprint density at radius 1 is 0.871 bits per heavy atom. The summed E-state index contributed by atoms with van der Waals surface area (Å²) in [5.41, 5.74) is 13.4. The van der Waals surface area contributed by atoms with Crippen LogP contribution in [0.2, 0.25) is 0 Å². The van der Waals surface area contributed by atoms with Crippen molar-refractivity contribution in [3.05, 3.63) is 43.0 Å². The average Bonchev–Trinajstić information content (AvgIpc) is 3.16. The topological polar surface area (TPSA) is 176 Å². The third-order valence-corrected chi connectivity index (χ3v) is 4.42. The number of hydrogen-bond donors (Lipinski definition) is 4. The zero-order valence-corrected chi connectivity index (χ0v) is 16.2. The highest BCUT2D eigenvalue weighted by molar-refractivity contribution is 6.12. The van der Waals surface area contributed by atoms with E-state index in [1.807, 2.05) is 25.2 Å². The molecule has 0 aliphatic carbocycles. The van der Waals surface area contributed by atoms with E-state index in [-0.39, 0.29) is 23.8 Å². The Hall–Kier alpha value is -4.74. The average molecular weight is 416 g/mol. The van der Waals surface area contributed by atoms with Crippen LogP contribution in [0.4, 0.5) is 17.6 Å². The maximum atomic E-state index is 5.98. The molecule has 0 saturated heterocycles. The first kappa shape index (κ1) is 18.3. The van der Waals surface area contributed by atoms with Crippen molar-refractivity contribution in [3.8, 4) is 23.4 Å². The van der Waals surface area contributed by atoms with E-state index in [1.165, 1.54) is 24.8 Å². The number of hydrogen-bond acceptors (Lipinski definition) is 11. The minimum atomic E-state index is 0.0322. The van der Waals surface area contributed by atoms with Gasteiger partial charge in [-0.2, -0.15) is 9.97 Å². The monoisotopic (exact) mass is 416 g/mol. The molecule has 0 amide bonds. The molecule has 0 fully saturated rings. The van der Waals surface area contributed by atoms with Crippen LogP contribution in [0.5, 0.6) is 23.4 Å². The molecule has 12 nitrogen and oxygen atoms in total. The standard InChI is InChI=1S/C19H16N10O2/c1-22-12-4-2-3-11-13-15(27-14(11)12)28-19(31-10-7-25-18(21)26-8-10)29-16(13)30-9-5-23-17(20)24-6-9/h2-8,22H,1H3,(H2,20,23,24)(H2,21,25,26)(H,27,28,29). The number of aromatic nitrogens is 7. The van der Waals surface area contributed by atoms with Gasteiger partial charge in [0.05, 0.1) is 41.4 Å². The number of H-pyrrole nitrogens is 1. The summed E-state index contributed by atoms with van der Waals surface area (Å²) in [7, 11) is 1.84. The molecule has 4 heterocycles. The fourth-order valence-corrected chi connectivity index (χ4v) is 3.07. The molecular formula is C19H16N10O2. The van der Waals surface area contributed by atoms with Crippen LogP contribution in [0, 0.1) is 0 Å². The van der Waals surface area contributed by atoms with Gasteiger partial charge in [0.25, 0.3) is 0 Å². The van der Waals surface area contributed by atoms with Gasteiger partial charge in [0.1, 0.15) is 5.65 Å². The second-order valence-corrected chi connectivity index (χ2v) is 6.40. The smallest absolute Gasteiger partial charge is 0.327 e. The Labute approximate surface area is 174 Å². The van der Waals surface area contributed by atoms with Crippen LogP contribution >= 0.6 is 0 Å². The molecule has 0 aliphatic rings. The summed E-state index contributed by atoms with van der Waals surface area (Å²) in [5.74, 6) is 1.20. The van der Waals surface area contributed by atoms with Crippen molar-refractivity contribution >= 4 is 39.5 Å². The third-order valence-electron chi connectivity index (χ3n) is 4.42. The van der Waals surface area contributed by atoms with Crippen LogP contribution < -0.4 is 26.3 Å². The van der Waals surface area contributed by atoms with Gasteiger partial charge in [-0.05, 0) is 6.07 Å². The molecule has 5 rings (SSSR count). The Kier molecular flexibility index (Phi) is 4.28. The van der Waals surface area contributed by atoms with Crippen molar-refractivity contribution in [1.29, 1.82) is 0 Å². The number of aromatic amines is 1. The van der Waals surface area contributed by atoms with Gasteiger partial charge in [-0.15, -0.1) is 0 Å². The molecular weight excluding hydrogens is 400 g/mol. The summed E-state index contributed by atoms with van der Waals surface area (Å²) in [4.78, 5) is 27.9. The van der Waals surface area contributed by atoms with Gasteiger partial charge in [0.2, 0.25) is 17.8 Å². The van der Waals surface area contributed by atoms with Crippen LogP contribution in [0.15, 0.2) is 43.0 Å². The summed E-state index contributed by atoms with van der Waals surface area (Å²) in [6.07, 6.45) is 5.76. The summed E-state index contributed by atoms with van der Waals surface area (Å²) in [6, 6.07) is 5.85. The Morgan fingerprint density at radius 3 is 2.16 bits per heavy atom. The molecule has 5 aromatic rings. The maximum Gasteiger partial charge on any atom is 0.327 e. The normalized spacial score (nSPS) is 11.0. The van der Waals surface area contributed by atoms with Crippen molar-refractivity contribution in [1.82, 2.24) is 34.9 Å². The number of para-hydroxylation sites is 1. The zero-order chi connectivity index (χ0) is 21.4. The van der Waals surface area contributed by atoms with Gasteiger partial charge >= 0.3 is 6.01 Å². The van der Waals surface area contributed by atoms with E-state index in [1.54, 1.807) is 0 Å². The second-order valence-electron chi connectivity index (χ2n) is 6.40. The maximum absolute atomic E-state index is 5.98. The van der Waals surface area contributed by atoms with Gasteiger partial charge in [0, 0.05) is 12.4 Å². The van der Waals surface area contributed by atoms with Crippen molar-refractivity contribution in [2.75, 3.05) is 23.8 Å². The number of nitrogens with zero attached hydrogens (tertiary/aromatic N) is 6. The molecule has 0 bridgehead atoms. The zero-order valence-electron chi connectivity index (χ0n) is 16.2. The van der Waals surface area contributed by atoms with Crippen molar-refractivity contribution < 1.29 is 9.47 Å². The van der Waals surface area contributed by atoms with Crippen LogP contribution in [-0.4, -0.2) is 41.9 Å². The lowest BCUT2D eigenvalue weighted by Crippen LogP contribution is -1.99. The predicted octanol–water partition coefficient (Wildman–Crippen LogP) is 2.48. The van der Waals surface area contributed by atoms with E-state index in [4.69, 9.17) is 20.9 Å². The SMILES string of the molecule is CNc1cccc2c1[nH]c1nc(Oc3cnc(N)nc3)nc(Oc3cnc(N)nc3)c12. The molecule has 4 aromatic heterocycles. The largest absolute Gasteiger partial charge is 0.435 e. The highest BCUT2D eigenvalue weighted by Gasteiger charge is 2.18. The molecule has 0 saturated carbocycles. The van der Waals surface area contributed by atoms with E-state index in [2.05, 4.69) is 40.2 Å². The number of benzene rings is 1. The number of ether oxygens (including phenoxy) is 2. The molecule has 12 heteroatoms. The van der Waals surface area contributed by atoms with Crippen LogP contribution in [0.25, 0.3) is 21.9 Å². The van der Waals surface area contributed by atoms with Gasteiger partial charge < -0.3 is 31.2 Å². The number of fused-ring (bicyclic) bond motifs is 3. The predicted molar refractivity (Wildman–Crippen MR) is 114 cm³/mol. The van der Waals surface area contributed by atoms with E-state index >= 15 is 0 Å². The molecule has 31 heavy (non-hydrogen) atoms. The van der Waals surface area contributed by atoms with Gasteiger partial charge in [-0.3, -0.25) is 0 Å². The van der Waals surface area contributed by atoms with Gasteiger partial charge in [-0.25, -0.2) is 19.9 Å². The van der Waals surface area contributed by atoms with Crippen LogP contribution in [0.3, 0.4) is 0 Å². The molecule has 0 aliphatic heterocycles. The number of nitrogens with one attached hydrogen (secondary N) is 2. The minimum Gasteiger partial charge on any atom is -0.435 e. The Morgan fingerprint density at radius 2 is 1.52 bits per heavy atom. The lowest BCUT2D eigenvalue weighted by atomic mass is 10.2.